The van der Waals surface area contributed by atoms with E-state index in [1.807, 2.05) is 0 Å². The summed E-state index contributed by atoms with van der Waals surface area (Å²) in [6.07, 6.45) is 1.40. The first-order valence-corrected chi connectivity index (χ1v) is 16.6. The van der Waals surface area contributed by atoms with Gasteiger partial charge in [-0.05, 0) is 49.2 Å². The Hall–Kier alpha value is -4.69. The Morgan fingerprint density at radius 3 is 2.51 bits per heavy atom. The third-order valence-electron chi connectivity index (χ3n) is 9.08. The molecule has 0 unspecified atom stereocenters. The summed E-state index contributed by atoms with van der Waals surface area (Å²) < 4.78 is 77.7. The van der Waals surface area contributed by atoms with Gasteiger partial charge in [-0.25, -0.2) is 13.8 Å². The van der Waals surface area contributed by atoms with E-state index in [1.54, 1.807) is 55.2 Å². The largest absolute Gasteiger partial charge is 0.417 e. The molecule has 2 aliphatic rings. The monoisotopic (exact) mass is 694 g/mol. The number of aryl methyl sites for hydroxylation is 1. The number of anilines is 2. The number of benzene rings is 2. The number of likely N-dealkylation sites (N-methyl/N-ethyl adjacent to an activating group) is 1. The normalized spacial score (nSPS) is 15.7. The molecule has 5 heterocycles. The van der Waals surface area contributed by atoms with Crippen LogP contribution in [0.1, 0.15) is 34.1 Å². The molecule has 0 bridgehead atoms. The number of rotatable bonds is 7. The highest BCUT2D eigenvalue weighted by molar-refractivity contribution is 8.00. The highest BCUT2D eigenvalue weighted by Crippen LogP contribution is 2.48. The maximum Gasteiger partial charge on any atom is 0.417 e. The number of hydrogen-bond donors (Lipinski definition) is 2. The van der Waals surface area contributed by atoms with Crippen molar-refractivity contribution in [3.05, 3.63) is 95.1 Å². The summed E-state index contributed by atoms with van der Waals surface area (Å²) in [4.78, 5) is 32.4. The summed E-state index contributed by atoms with van der Waals surface area (Å²) in [5.41, 5.74) is 0.368. The number of halogens is 5. The Labute approximate surface area is 282 Å². The van der Waals surface area contributed by atoms with Crippen LogP contribution < -0.4 is 15.5 Å². The summed E-state index contributed by atoms with van der Waals surface area (Å²) in [6, 6.07) is 7.42. The van der Waals surface area contributed by atoms with Crippen LogP contribution in [0.5, 0.6) is 0 Å². The molecule has 2 aliphatic heterocycles. The molecule has 8 nitrogen and oxygen atoms in total. The zero-order valence-electron chi connectivity index (χ0n) is 26.7. The van der Waals surface area contributed by atoms with Gasteiger partial charge in [0.1, 0.15) is 22.8 Å². The van der Waals surface area contributed by atoms with Crippen LogP contribution in [0.4, 0.5) is 33.3 Å². The summed E-state index contributed by atoms with van der Waals surface area (Å²) in [6.45, 7) is 2.78. The predicted octanol–water partition coefficient (Wildman–Crippen LogP) is 6.60. The van der Waals surface area contributed by atoms with Crippen molar-refractivity contribution >= 4 is 51.4 Å². The van der Waals surface area contributed by atoms with Crippen LogP contribution in [-0.4, -0.2) is 62.8 Å². The molecule has 0 aliphatic carbocycles. The van der Waals surface area contributed by atoms with Crippen LogP contribution >= 0.6 is 11.8 Å². The molecule has 14 heteroatoms. The number of carbonyl (C=O) groups excluding carboxylic acids is 2. The van der Waals surface area contributed by atoms with Crippen molar-refractivity contribution in [3.63, 3.8) is 0 Å². The number of imidazole rings is 1. The van der Waals surface area contributed by atoms with Gasteiger partial charge >= 0.3 is 6.18 Å². The zero-order valence-corrected chi connectivity index (χ0v) is 27.5. The van der Waals surface area contributed by atoms with Gasteiger partial charge in [0.05, 0.1) is 34.3 Å². The molecule has 5 aromatic rings. The van der Waals surface area contributed by atoms with Crippen molar-refractivity contribution in [2.75, 3.05) is 41.9 Å². The van der Waals surface area contributed by atoms with Gasteiger partial charge in [0, 0.05) is 73.2 Å². The van der Waals surface area contributed by atoms with E-state index in [1.165, 1.54) is 27.4 Å². The molecule has 254 valence electrons. The SMILES string of the molecule is CN1CCc2cc(C(=O)c3cc(F)c(NC(=O)/C=C/CNC4(C)CSC4)c(F)c3)n3cccc(c23)-c2c(C(F)(F)F)cc3c(ncn3C)c21. The lowest BCUT2D eigenvalue weighted by atomic mass is 9.92. The molecule has 1 fully saturated rings. The van der Waals surface area contributed by atoms with Gasteiger partial charge in [-0.3, -0.25) is 9.59 Å². The van der Waals surface area contributed by atoms with Gasteiger partial charge in [-0.15, -0.1) is 0 Å². The first kappa shape index (κ1) is 32.8. The minimum Gasteiger partial charge on any atom is -0.372 e. The Bertz CT molecular complexity index is 2180. The topological polar surface area (TPSA) is 83.7 Å². The zero-order chi connectivity index (χ0) is 34.8. The number of fused-ring (bicyclic) bond motifs is 4. The number of ketones is 1. The van der Waals surface area contributed by atoms with Gasteiger partial charge in [0.25, 0.3) is 0 Å². The van der Waals surface area contributed by atoms with Crippen molar-refractivity contribution in [2.24, 2.45) is 7.05 Å². The van der Waals surface area contributed by atoms with E-state index in [0.717, 1.165) is 29.7 Å². The average Bonchev–Trinajstić information content (AvgIpc) is 3.60. The second-order valence-electron chi connectivity index (χ2n) is 12.7. The predicted molar refractivity (Wildman–Crippen MR) is 180 cm³/mol. The van der Waals surface area contributed by atoms with Gasteiger partial charge < -0.3 is 24.5 Å². The first-order valence-electron chi connectivity index (χ1n) is 15.5. The third kappa shape index (κ3) is 5.76. The number of nitrogens with zero attached hydrogens (tertiary/aromatic N) is 4. The molecule has 0 radical (unpaired) electrons. The number of hydrogen-bond acceptors (Lipinski definition) is 6. The summed E-state index contributed by atoms with van der Waals surface area (Å²) in [5.74, 6) is -1.87. The quantitative estimate of drug-likeness (QED) is 0.114. The maximum atomic E-state index is 15.2. The fraction of sp³-hybridized carbons (Fsp3) is 0.286. The fourth-order valence-electron chi connectivity index (χ4n) is 6.54. The van der Waals surface area contributed by atoms with Crippen LogP contribution in [-0.2, 0) is 24.4 Å². The Kier molecular flexibility index (Phi) is 8.06. The number of alkyl halides is 3. The van der Waals surface area contributed by atoms with E-state index in [-0.39, 0.29) is 27.9 Å². The van der Waals surface area contributed by atoms with Crippen molar-refractivity contribution in [1.29, 1.82) is 0 Å². The van der Waals surface area contributed by atoms with Crippen molar-refractivity contribution < 1.29 is 31.5 Å². The molecule has 0 atom stereocenters. The van der Waals surface area contributed by atoms with Crippen molar-refractivity contribution in [2.45, 2.75) is 25.1 Å². The lowest BCUT2D eigenvalue weighted by Gasteiger charge is -2.38. The molecular formula is C35H31F5N6O2S. The van der Waals surface area contributed by atoms with Crippen LogP contribution in [0.2, 0.25) is 0 Å². The lowest BCUT2D eigenvalue weighted by Crippen LogP contribution is -2.53. The molecule has 0 saturated carbocycles. The van der Waals surface area contributed by atoms with E-state index in [2.05, 4.69) is 22.5 Å². The van der Waals surface area contributed by atoms with Crippen molar-refractivity contribution in [3.8, 4) is 11.1 Å². The minimum atomic E-state index is -4.71. The van der Waals surface area contributed by atoms with Crippen LogP contribution in [0, 0.1) is 11.6 Å². The molecule has 2 aromatic carbocycles. The molecule has 2 N–H and O–H groups in total. The maximum absolute atomic E-state index is 15.2. The number of amides is 1. The molecule has 0 spiro atoms. The second kappa shape index (κ2) is 12.0. The molecule has 3 aromatic heterocycles. The van der Waals surface area contributed by atoms with Crippen LogP contribution in [0.25, 0.3) is 27.7 Å². The van der Waals surface area contributed by atoms with E-state index < -0.39 is 40.8 Å². The number of nitrogens with one attached hydrogen (secondary N) is 2. The molecule has 1 amide bonds. The highest BCUT2D eigenvalue weighted by Gasteiger charge is 2.39. The van der Waals surface area contributed by atoms with Crippen LogP contribution in [0.3, 0.4) is 0 Å². The van der Waals surface area contributed by atoms with Crippen molar-refractivity contribution in [1.82, 2.24) is 19.3 Å². The van der Waals surface area contributed by atoms with Gasteiger partial charge in [-0.1, -0.05) is 12.1 Å². The lowest BCUT2D eigenvalue weighted by molar-refractivity contribution is -0.137. The van der Waals surface area contributed by atoms with Gasteiger partial charge in [0.2, 0.25) is 11.7 Å². The Morgan fingerprint density at radius 2 is 1.84 bits per heavy atom. The number of pyridine rings is 1. The van der Waals surface area contributed by atoms with E-state index >= 15 is 8.78 Å². The Morgan fingerprint density at radius 1 is 1.10 bits per heavy atom. The summed E-state index contributed by atoms with van der Waals surface area (Å²) >= 11 is 1.81. The number of carbonyl (C=O) groups is 2. The summed E-state index contributed by atoms with van der Waals surface area (Å²) in [5, 5.41) is 5.50. The molecule has 7 rings (SSSR count). The van der Waals surface area contributed by atoms with E-state index in [4.69, 9.17) is 0 Å². The van der Waals surface area contributed by atoms with E-state index in [0.29, 0.717) is 47.3 Å². The Balaban J connectivity index is 1.25. The summed E-state index contributed by atoms with van der Waals surface area (Å²) in [7, 11) is 3.33. The highest BCUT2D eigenvalue weighted by atomic mass is 32.2. The molecule has 1 saturated heterocycles. The minimum absolute atomic E-state index is 0.00484. The number of aromatic nitrogens is 3. The smallest absolute Gasteiger partial charge is 0.372 e. The van der Waals surface area contributed by atoms with Gasteiger partial charge in [0.15, 0.2) is 0 Å². The van der Waals surface area contributed by atoms with E-state index in [9.17, 15) is 22.8 Å². The second-order valence-corrected chi connectivity index (χ2v) is 13.7. The third-order valence-corrected chi connectivity index (χ3v) is 10.8. The molecular weight excluding hydrogens is 663 g/mol. The first-order chi connectivity index (χ1) is 23.3. The number of thioether (sulfide) groups is 1. The standard InChI is InChI=1S/C35H31F5N6O2S/c1-34(16-49-17-34)42-9-4-7-27(47)43-29-23(36)12-20(13-24(29)37)33(48)26-14-19-8-11-44(2)32-28(21-6-5-10-46(26)31(19)21)22(35(38,39)40)15-25-30(32)41-18-45(25)3/h4-7,10,12-15,18,42H,8-9,11,16-17H2,1-3H3,(H,43,47)/b7-4+. The molecule has 49 heavy (non-hydrogen) atoms. The van der Waals surface area contributed by atoms with Crippen LogP contribution in [0.15, 0.2) is 61.1 Å². The van der Waals surface area contributed by atoms with Gasteiger partial charge in [-0.2, -0.15) is 24.9 Å². The average molecular weight is 695 g/mol. The fourth-order valence-corrected chi connectivity index (χ4v) is 7.56.